The van der Waals surface area contributed by atoms with Gasteiger partial charge in [-0.1, -0.05) is 27.7 Å². The van der Waals surface area contributed by atoms with Gasteiger partial charge in [-0.2, -0.15) is 0 Å². The van der Waals surface area contributed by atoms with Gasteiger partial charge in [-0.3, -0.25) is 9.63 Å². The lowest BCUT2D eigenvalue weighted by Gasteiger charge is -2.22. The van der Waals surface area contributed by atoms with Gasteiger partial charge in [0.05, 0.1) is 17.9 Å². The monoisotopic (exact) mass is 319 g/mol. The van der Waals surface area contributed by atoms with Crippen molar-refractivity contribution >= 4 is 11.9 Å². The van der Waals surface area contributed by atoms with Gasteiger partial charge in [-0.15, -0.1) is 5.01 Å². The number of rotatable bonds is 9. The molecule has 1 unspecified atom stereocenters. The third kappa shape index (κ3) is 7.09. The van der Waals surface area contributed by atoms with Gasteiger partial charge in [-0.05, 0) is 12.3 Å². The lowest BCUT2D eigenvalue weighted by atomic mass is 10.0. The molecule has 0 heterocycles. The van der Waals surface area contributed by atoms with Crippen molar-refractivity contribution in [3.63, 3.8) is 0 Å². The van der Waals surface area contributed by atoms with Gasteiger partial charge in [0.25, 0.3) is 6.29 Å². The van der Waals surface area contributed by atoms with Crippen molar-refractivity contribution in [3.05, 3.63) is 5.21 Å². The molecule has 0 aromatic carbocycles. The van der Waals surface area contributed by atoms with E-state index in [4.69, 9.17) is 14.7 Å². The molecule has 0 aliphatic rings. The van der Waals surface area contributed by atoms with E-state index in [9.17, 15) is 14.8 Å². The summed E-state index contributed by atoms with van der Waals surface area (Å²) in [6, 6.07) is -1.03. The highest BCUT2D eigenvalue weighted by atomic mass is 16.8. The van der Waals surface area contributed by atoms with E-state index in [1.54, 1.807) is 13.8 Å². The standard InChI is InChI=1S/C13H25N3O6/c1-8(2)7-11(12(17)18)15(6)16(20)14-22-10(5)21-13(19)9(3)4/h8-11H,7H2,1-6H3,(H,17,18)/t10?,11-/m0/s1. The Kier molecular flexibility index (Phi) is 8.21. The number of hydrogen-bond donors (Lipinski definition) is 1. The van der Waals surface area contributed by atoms with Crippen molar-refractivity contribution in [1.29, 1.82) is 0 Å². The van der Waals surface area contributed by atoms with E-state index < -0.39 is 24.3 Å². The largest absolute Gasteiger partial charge is 0.569 e. The Labute approximate surface area is 130 Å². The number of nitrogens with zero attached hydrogens (tertiary/aromatic N) is 3. The number of carbonyl (C=O) groups is 2. The second kappa shape index (κ2) is 9.06. The summed E-state index contributed by atoms with van der Waals surface area (Å²) in [6.45, 7) is 8.41. The predicted molar refractivity (Wildman–Crippen MR) is 76.2 cm³/mol. The summed E-state index contributed by atoms with van der Waals surface area (Å²) in [5.41, 5.74) is 0. The Hall–Kier alpha value is -2.06. The molecular formula is C13H25N3O6. The summed E-state index contributed by atoms with van der Waals surface area (Å²) in [5, 5.41) is 25.0. The summed E-state index contributed by atoms with van der Waals surface area (Å²) >= 11 is 0. The lowest BCUT2D eigenvalue weighted by molar-refractivity contribution is -0.712. The van der Waals surface area contributed by atoms with Gasteiger partial charge in [0.15, 0.2) is 6.04 Å². The maximum Gasteiger partial charge on any atom is 0.332 e. The van der Waals surface area contributed by atoms with Crippen LogP contribution in [0, 0.1) is 17.0 Å². The molecule has 0 saturated heterocycles. The average Bonchev–Trinajstić information content (AvgIpc) is 2.40. The van der Waals surface area contributed by atoms with Gasteiger partial charge in [-0.25, -0.2) is 4.79 Å². The minimum absolute atomic E-state index is 0.0286. The lowest BCUT2D eigenvalue weighted by Crippen LogP contribution is -2.43. The molecule has 0 aliphatic carbocycles. The van der Waals surface area contributed by atoms with E-state index in [-0.39, 0.29) is 23.2 Å². The highest BCUT2D eigenvalue weighted by Gasteiger charge is 2.29. The molecular weight excluding hydrogens is 294 g/mol. The van der Waals surface area contributed by atoms with Crippen molar-refractivity contribution in [1.82, 2.24) is 5.01 Å². The zero-order valence-electron chi connectivity index (χ0n) is 13.8. The highest BCUT2D eigenvalue weighted by molar-refractivity contribution is 5.73. The third-order valence-electron chi connectivity index (χ3n) is 2.72. The molecule has 128 valence electrons. The fourth-order valence-corrected chi connectivity index (χ4v) is 1.46. The van der Waals surface area contributed by atoms with Crippen LogP contribution in [0.15, 0.2) is 5.28 Å². The van der Waals surface area contributed by atoms with Crippen LogP contribution < -0.4 is 0 Å². The van der Waals surface area contributed by atoms with Crippen LogP contribution >= 0.6 is 0 Å². The predicted octanol–water partition coefficient (Wildman–Crippen LogP) is 1.77. The quantitative estimate of drug-likeness (QED) is 0.226. The second-order valence-electron chi connectivity index (χ2n) is 5.66. The van der Waals surface area contributed by atoms with Gasteiger partial charge < -0.3 is 15.1 Å². The van der Waals surface area contributed by atoms with E-state index in [1.165, 1.54) is 14.0 Å². The number of hydrazine groups is 1. The molecule has 0 fully saturated rings. The number of ether oxygens (including phenoxy) is 1. The van der Waals surface area contributed by atoms with Crippen LogP contribution in [0.4, 0.5) is 0 Å². The molecule has 0 rings (SSSR count). The Bertz CT molecular complexity index is 411. The molecule has 0 bridgehead atoms. The molecule has 22 heavy (non-hydrogen) atoms. The molecule has 0 aliphatic heterocycles. The second-order valence-corrected chi connectivity index (χ2v) is 5.66. The molecule has 0 amide bonds. The topological polar surface area (TPSA) is 114 Å². The van der Waals surface area contributed by atoms with Crippen molar-refractivity contribution in [3.8, 4) is 0 Å². The minimum Gasteiger partial charge on any atom is -0.569 e. The maximum absolute atomic E-state index is 11.7. The number of esters is 1. The molecule has 2 atom stereocenters. The first-order chi connectivity index (χ1) is 10.1. The van der Waals surface area contributed by atoms with Crippen molar-refractivity contribution in [2.75, 3.05) is 7.05 Å². The van der Waals surface area contributed by atoms with Gasteiger partial charge in [0.2, 0.25) is 5.28 Å². The fraction of sp³-hybridized carbons (Fsp3) is 0.846. The normalized spacial score (nSPS) is 14.6. The van der Waals surface area contributed by atoms with E-state index in [1.807, 2.05) is 13.8 Å². The number of carboxylic acid groups (broad SMARTS) is 1. The Balaban J connectivity index is 4.68. The molecule has 0 saturated carbocycles. The van der Waals surface area contributed by atoms with Crippen LogP contribution in [0.5, 0.6) is 0 Å². The van der Waals surface area contributed by atoms with Crippen LogP contribution in [-0.2, 0) is 19.2 Å². The summed E-state index contributed by atoms with van der Waals surface area (Å²) in [6.07, 6.45) is -0.772. The summed E-state index contributed by atoms with van der Waals surface area (Å²) < 4.78 is 4.86. The smallest absolute Gasteiger partial charge is 0.332 e. The zero-order chi connectivity index (χ0) is 17.4. The van der Waals surface area contributed by atoms with E-state index in [2.05, 4.69) is 5.28 Å². The molecule has 9 heteroatoms. The maximum atomic E-state index is 11.7. The van der Waals surface area contributed by atoms with E-state index in [0.717, 1.165) is 5.01 Å². The number of aliphatic carboxylic acids is 1. The molecule has 9 nitrogen and oxygen atoms in total. The minimum atomic E-state index is -1.13. The number of likely N-dealkylation sites (N-methyl/N-ethyl adjacent to an activating group) is 1. The van der Waals surface area contributed by atoms with Gasteiger partial charge in [0, 0.05) is 6.92 Å². The SMILES string of the molecule is CC(C)C[C@@H](C(=O)O)N(C)[N+]([O-])=NOC(C)OC(=O)C(C)C. The first kappa shape index (κ1) is 19.9. The Morgan fingerprint density at radius 1 is 1.27 bits per heavy atom. The Morgan fingerprint density at radius 3 is 2.23 bits per heavy atom. The summed E-state index contributed by atoms with van der Waals surface area (Å²) in [4.78, 5) is 27.3. The van der Waals surface area contributed by atoms with Crippen LogP contribution in [0.25, 0.3) is 0 Å². The molecule has 1 N–H and O–H groups in total. The van der Waals surface area contributed by atoms with E-state index in [0.29, 0.717) is 0 Å². The molecule has 0 aromatic heterocycles. The number of carboxylic acids is 1. The van der Waals surface area contributed by atoms with Crippen molar-refractivity contribution in [2.45, 2.75) is 53.4 Å². The fourth-order valence-electron chi connectivity index (χ4n) is 1.46. The molecule has 0 spiro atoms. The number of hydrogen-bond acceptors (Lipinski definition) is 6. The molecule has 0 aromatic rings. The summed E-state index contributed by atoms with van der Waals surface area (Å²) in [5.74, 6) is -1.87. The summed E-state index contributed by atoms with van der Waals surface area (Å²) in [7, 11) is 1.30. The van der Waals surface area contributed by atoms with Crippen LogP contribution in [0.2, 0.25) is 0 Å². The van der Waals surface area contributed by atoms with Crippen LogP contribution in [0.3, 0.4) is 0 Å². The Morgan fingerprint density at radius 2 is 1.82 bits per heavy atom. The van der Waals surface area contributed by atoms with Crippen LogP contribution in [0.1, 0.15) is 41.0 Å². The van der Waals surface area contributed by atoms with Crippen LogP contribution in [-0.4, -0.2) is 46.4 Å². The third-order valence-corrected chi connectivity index (χ3v) is 2.72. The highest BCUT2D eigenvalue weighted by Crippen LogP contribution is 2.11. The number of carbonyl (C=O) groups excluding carboxylic acids is 1. The van der Waals surface area contributed by atoms with Crippen molar-refractivity contribution in [2.24, 2.45) is 17.1 Å². The zero-order valence-corrected chi connectivity index (χ0v) is 13.8. The van der Waals surface area contributed by atoms with Crippen molar-refractivity contribution < 1.29 is 29.2 Å². The van der Waals surface area contributed by atoms with Gasteiger partial charge in [0.1, 0.15) is 0 Å². The van der Waals surface area contributed by atoms with Gasteiger partial charge >= 0.3 is 11.9 Å². The first-order valence-electron chi connectivity index (χ1n) is 7.06. The average molecular weight is 319 g/mol. The first-order valence-corrected chi connectivity index (χ1v) is 7.06. The van der Waals surface area contributed by atoms with E-state index >= 15 is 0 Å². The molecule has 0 radical (unpaired) electrons.